The third-order valence-corrected chi connectivity index (χ3v) is 6.55. The van der Waals surface area contributed by atoms with Crippen molar-refractivity contribution in [1.82, 2.24) is 19.5 Å². The first-order chi connectivity index (χ1) is 14.7. The maximum Gasteiger partial charge on any atom is 0.227 e. The normalized spacial score (nSPS) is 19.6. The van der Waals surface area contributed by atoms with E-state index in [2.05, 4.69) is 42.3 Å². The zero-order chi connectivity index (χ0) is 20.5. The monoisotopic (exact) mass is 403 g/mol. The third kappa shape index (κ3) is 3.78. The number of piperidine rings is 1. The van der Waals surface area contributed by atoms with Crippen LogP contribution in [0.15, 0.2) is 42.6 Å². The average molecular weight is 404 g/mol. The molecule has 2 aromatic heterocycles. The lowest BCUT2D eigenvalue weighted by atomic mass is 9.96. The van der Waals surface area contributed by atoms with Gasteiger partial charge < -0.3 is 9.80 Å². The molecule has 0 bridgehead atoms. The zero-order valence-corrected chi connectivity index (χ0v) is 17.6. The van der Waals surface area contributed by atoms with E-state index < -0.39 is 0 Å². The number of aryl methyl sites for hydroxylation is 1. The predicted molar refractivity (Wildman–Crippen MR) is 118 cm³/mol. The van der Waals surface area contributed by atoms with Crippen LogP contribution in [0.3, 0.4) is 0 Å². The van der Waals surface area contributed by atoms with Crippen molar-refractivity contribution in [3.63, 3.8) is 0 Å². The third-order valence-electron chi connectivity index (χ3n) is 6.55. The lowest BCUT2D eigenvalue weighted by Crippen LogP contribution is -2.40. The summed E-state index contributed by atoms with van der Waals surface area (Å²) in [6.45, 7) is 5.84. The molecule has 5 rings (SSSR count). The summed E-state index contributed by atoms with van der Waals surface area (Å²) in [5.41, 5.74) is 4.39. The van der Waals surface area contributed by atoms with E-state index in [1.165, 1.54) is 24.1 Å². The number of hydrogen-bond acceptors (Lipinski definition) is 4. The summed E-state index contributed by atoms with van der Waals surface area (Å²) in [7, 11) is 0. The summed E-state index contributed by atoms with van der Waals surface area (Å²) < 4.78 is 1.91. The van der Waals surface area contributed by atoms with Gasteiger partial charge in [-0.3, -0.25) is 4.79 Å². The number of fused-ring (bicyclic) bond motifs is 1. The highest BCUT2D eigenvalue weighted by Gasteiger charge is 2.28. The molecule has 3 aromatic rings. The minimum atomic E-state index is 0.203. The van der Waals surface area contributed by atoms with E-state index in [1.807, 2.05) is 21.5 Å². The molecule has 0 aliphatic carbocycles. The summed E-state index contributed by atoms with van der Waals surface area (Å²) in [6.07, 6.45) is 7.12. The van der Waals surface area contributed by atoms with Crippen molar-refractivity contribution < 1.29 is 4.79 Å². The summed E-state index contributed by atoms with van der Waals surface area (Å²) in [4.78, 5) is 22.1. The molecule has 0 spiro atoms. The molecule has 156 valence electrons. The second-order valence-electron chi connectivity index (χ2n) is 8.64. The summed E-state index contributed by atoms with van der Waals surface area (Å²) >= 11 is 0. The van der Waals surface area contributed by atoms with E-state index in [0.717, 1.165) is 49.5 Å². The van der Waals surface area contributed by atoms with Gasteiger partial charge in [-0.1, -0.05) is 24.3 Å². The quantitative estimate of drug-likeness (QED) is 0.668. The Hall–Kier alpha value is -2.89. The van der Waals surface area contributed by atoms with Gasteiger partial charge in [0.25, 0.3) is 0 Å². The number of pyridine rings is 1. The number of amides is 1. The standard InChI is InChI=1S/C24H29N5O/c1-18-7-2-3-8-19(18)15-23(30)28-14-6-9-20(16-28)24-25-22-11-10-21(17-29(22)26-24)27-12-4-5-13-27/h2-3,7-8,10-11,17,20H,4-6,9,12-16H2,1H3. The molecule has 1 atom stereocenters. The van der Waals surface area contributed by atoms with Gasteiger partial charge in [0.05, 0.1) is 18.3 Å². The molecule has 0 radical (unpaired) electrons. The Bertz CT molecular complexity index is 1050. The van der Waals surface area contributed by atoms with Crippen molar-refractivity contribution in [2.45, 2.75) is 44.9 Å². The van der Waals surface area contributed by atoms with E-state index in [0.29, 0.717) is 13.0 Å². The van der Waals surface area contributed by atoms with Crippen LogP contribution in [0.2, 0.25) is 0 Å². The van der Waals surface area contributed by atoms with Crippen LogP contribution in [0.4, 0.5) is 5.69 Å². The molecular formula is C24H29N5O. The Morgan fingerprint density at radius 1 is 1.07 bits per heavy atom. The van der Waals surface area contributed by atoms with Crippen LogP contribution < -0.4 is 4.90 Å². The highest BCUT2D eigenvalue weighted by Crippen LogP contribution is 2.27. The molecule has 0 N–H and O–H groups in total. The smallest absolute Gasteiger partial charge is 0.227 e. The Labute approximate surface area is 177 Å². The van der Waals surface area contributed by atoms with Gasteiger partial charge in [-0.25, -0.2) is 9.50 Å². The van der Waals surface area contributed by atoms with Crippen LogP contribution in [0, 0.1) is 6.92 Å². The fraction of sp³-hybridized carbons (Fsp3) is 0.458. The first kappa shape index (κ1) is 19.1. The number of anilines is 1. The topological polar surface area (TPSA) is 53.7 Å². The average Bonchev–Trinajstić information content (AvgIpc) is 3.45. The van der Waals surface area contributed by atoms with Crippen molar-refractivity contribution in [3.8, 4) is 0 Å². The Morgan fingerprint density at radius 3 is 2.73 bits per heavy atom. The molecule has 2 aliphatic heterocycles. The second kappa shape index (κ2) is 8.09. The first-order valence-electron chi connectivity index (χ1n) is 11.1. The van der Waals surface area contributed by atoms with E-state index in [1.54, 1.807) is 0 Å². The van der Waals surface area contributed by atoms with Gasteiger partial charge in [-0.2, -0.15) is 5.10 Å². The SMILES string of the molecule is Cc1ccccc1CC(=O)N1CCCC(c2nc3ccc(N4CCCC4)cn3n2)C1. The van der Waals surface area contributed by atoms with E-state index in [4.69, 9.17) is 10.1 Å². The number of nitrogens with zero attached hydrogens (tertiary/aromatic N) is 5. The van der Waals surface area contributed by atoms with E-state index in [-0.39, 0.29) is 11.8 Å². The van der Waals surface area contributed by atoms with Gasteiger partial charge in [0.1, 0.15) is 0 Å². The molecule has 6 heteroatoms. The minimum Gasteiger partial charge on any atom is -0.370 e. The van der Waals surface area contributed by atoms with Gasteiger partial charge in [0, 0.05) is 32.1 Å². The van der Waals surface area contributed by atoms with Crippen LogP contribution in [-0.2, 0) is 11.2 Å². The number of rotatable bonds is 4. The lowest BCUT2D eigenvalue weighted by molar-refractivity contribution is -0.131. The van der Waals surface area contributed by atoms with Gasteiger partial charge in [0.15, 0.2) is 11.5 Å². The Morgan fingerprint density at radius 2 is 1.90 bits per heavy atom. The van der Waals surface area contributed by atoms with Gasteiger partial charge in [-0.05, 0) is 55.9 Å². The molecule has 0 saturated carbocycles. The fourth-order valence-electron chi connectivity index (χ4n) is 4.72. The number of likely N-dealkylation sites (tertiary alicyclic amines) is 1. The predicted octanol–water partition coefficient (Wildman–Crippen LogP) is 3.59. The highest BCUT2D eigenvalue weighted by atomic mass is 16.2. The van der Waals surface area contributed by atoms with Crippen molar-refractivity contribution in [2.24, 2.45) is 0 Å². The number of benzene rings is 1. The van der Waals surface area contributed by atoms with Gasteiger partial charge in [-0.15, -0.1) is 0 Å². The maximum atomic E-state index is 12.9. The van der Waals surface area contributed by atoms with Crippen LogP contribution in [0.25, 0.3) is 5.65 Å². The summed E-state index contributed by atoms with van der Waals surface area (Å²) in [6, 6.07) is 12.4. The molecule has 1 aromatic carbocycles. The largest absolute Gasteiger partial charge is 0.370 e. The lowest BCUT2D eigenvalue weighted by Gasteiger charge is -2.31. The van der Waals surface area contributed by atoms with Gasteiger partial charge in [0.2, 0.25) is 5.91 Å². The summed E-state index contributed by atoms with van der Waals surface area (Å²) in [5, 5.41) is 4.80. The first-order valence-corrected chi connectivity index (χ1v) is 11.1. The molecule has 2 aliphatic rings. The van der Waals surface area contributed by atoms with Crippen molar-refractivity contribution in [2.75, 3.05) is 31.1 Å². The van der Waals surface area contributed by atoms with Crippen LogP contribution in [0.5, 0.6) is 0 Å². The molecule has 4 heterocycles. The number of carbonyl (C=O) groups is 1. The molecule has 2 saturated heterocycles. The second-order valence-corrected chi connectivity index (χ2v) is 8.64. The molecule has 6 nitrogen and oxygen atoms in total. The van der Waals surface area contributed by atoms with Crippen molar-refractivity contribution >= 4 is 17.2 Å². The van der Waals surface area contributed by atoms with Crippen LogP contribution in [-0.4, -0.2) is 51.6 Å². The minimum absolute atomic E-state index is 0.203. The maximum absolute atomic E-state index is 12.9. The van der Waals surface area contributed by atoms with Gasteiger partial charge >= 0.3 is 0 Å². The Balaban J connectivity index is 1.31. The molecule has 30 heavy (non-hydrogen) atoms. The Kier molecular flexibility index (Phi) is 5.15. The van der Waals surface area contributed by atoms with E-state index >= 15 is 0 Å². The van der Waals surface area contributed by atoms with Crippen LogP contribution in [0.1, 0.15) is 48.6 Å². The molecular weight excluding hydrogens is 374 g/mol. The molecule has 1 amide bonds. The van der Waals surface area contributed by atoms with Crippen LogP contribution >= 0.6 is 0 Å². The number of carbonyl (C=O) groups excluding carboxylic acids is 1. The number of aromatic nitrogens is 3. The molecule has 1 unspecified atom stereocenters. The molecule has 2 fully saturated rings. The fourth-order valence-corrected chi connectivity index (χ4v) is 4.72. The number of hydrogen-bond donors (Lipinski definition) is 0. The van der Waals surface area contributed by atoms with E-state index in [9.17, 15) is 4.79 Å². The highest BCUT2D eigenvalue weighted by molar-refractivity contribution is 5.79. The van der Waals surface area contributed by atoms with Crippen molar-refractivity contribution in [1.29, 1.82) is 0 Å². The van der Waals surface area contributed by atoms with Crippen molar-refractivity contribution in [3.05, 3.63) is 59.5 Å². The summed E-state index contributed by atoms with van der Waals surface area (Å²) in [5.74, 6) is 1.27. The zero-order valence-electron chi connectivity index (χ0n) is 17.6.